The Balaban J connectivity index is 2.47. The number of piperazine rings is 1. The molecular formula is C9H18N2O2. The maximum Gasteiger partial charge on any atom is 0.248 e. The van der Waals surface area contributed by atoms with E-state index < -0.39 is 0 Å². The Morgan fingerprint density at radius 3 is 2.85 bits per heavy atom. The predicted octanol–water partition coefficient (Wildman–Crippen LogP) is -0.157. The van der Waals surface area contributed by atoms with Crippen LogP contribution in [0.1, 0.15) is 13.8 Å². The standard InChI is InChI=1S/C9H18N2O2/c1-9(2)7-11(5-4-10-9)8(12)6-13-3/h10H,4-7H2,1-3H3. The SMILES string of the molecule is COCC(=O)N1CCNC(C)(C)C1. The Kier molecular flexibility index (Phi) is 3.27. The summed E-state index contributed by atoms with van der Waals surface area (Å²) in [5, 5.41) is 3.35. The summed E-state index contributed by atoms with van der Waals surface area (Å²) in [5.41, 5.74) is 0.0294. The largest absolute Gasteiger partial charge is 0.375 e. The first-order chi connectivity index (χ1) is 6.05. The quantitative estimate of drug-likeness (QED) is 0.651. The van der Waals surface area contributed by atoms with Crippen molar-refractivity contribution in [2.24, 2.45) is 0 Å². The van der Waals surface area contributed by atoms with E-state index >= 15 is 0 Å². The molecule has 0 aromatic rings. The van der Waals surface area contributed by atoms with Crippen LogP contribution in [-0.4, -0.2) is 49.7 Å². The minimum absolute atomic E-state index is 0.0294. The Hall–Kier alpha value is -0.610. The van der Waals surface area contributed by atoms with E-state index in [4.69, 9.17) is 4.74 Å². The van der Waals surface area contributed by atoms with Crippen molar-refractivity contribution in [3.63, 3.8) is 0 Å². The van der Waals surface area contributed by atoms with Gasteiger partial charge in [-0.2, -0.15) is 0 Å². The van der Waals surface area contributed by atoms with E-state index in [0.29, 0.717) is 0 Å². The van der Waals surface area contributed by atoms with E-state index in [1.54, 1.807) is 7.11 Å². The third-order valence-electron chi connectivity index (χ3n) is 2.19. The second-order valence-corrected chi connectivity index (χ2v) is 4.06. The summed E-state index contributed by atoms with van der Waals surface area (Å²) >= 11 is 0. The van der Waals surface area contributed by atoms with Crippen LogP contribution >= 0.6 is 0 Å². The lowest BCUT2D eigenvalue weighted by Crippen LogP contribution is -2.58. The lowest BCUT2D eigenvalue weighted by Gasteiger charge is -2.39. The summed E-state index contributed by atoms with van der Waals surface area (Å²) in [6.45, 7) is 6.79. The van der Waals surface area contributed by atoms with E-state index in [0.717, 1.165) is 19.6 Å². The fourth-order valence-electron chi connectivity index (χ4n) is 1.57. The van der Waals surface area contributed by atoms with Crippen molar-refractivity contribution in [1.29, 1.82) is 0 Å². The summed E-state index contributed by atoms with van der Waals surface area (Å²) in [5.74, 6) is 0.0806. The van der Waals surface area contributed by atoms with Gasteiger partial charge in [0.1, 0.15) is 6.61 Å². The lowest BCUT2D eigenvalue weighted by atomic mass is 10.0. The van der Waals surface area contributed by atoms with Gasteiger partial charge < -0.3 is 15.0 Å². The van der Waals surface area contributed by atoms with E-state index in [9.17, 15) is 4.79 Å². The highest BCUT2D eigenvalue weighted by atomic mass is 16.5. The van der Waals surface area contributed by atoms with Crippen LogP contribution in [0.25, 0.3) is 0 Å². The molecule has 76 valence electrons. The van der Waals surface area contributed by atoms with Gasteiger partial charge in [0, 0.05) is 32.3 Å². The molecule has 4 heteroatoms. The first-order valence-corrected chi connectivity index (χ1v) is 4.57. The summed E-state index contributed by atoms with van der Waals surface area (Å²) in [7, 11) is 1.55. The number of hydrogen-bond acceptors (Lipinski definition) is 3. The molecule has 0 aliphatic carbocycles. The van der Waals surface area contributed by atoms with Crippen molar-refractivity contribution in [2.45, 2.75) is 19.4 Å². The molecule has 0 spiro atoms. The number of amides is 1. The molecule has 1 fully saturated rings. The normalized spacial score (nSPS) is 21.6. The van der Waals surface area contributed by atoms with Gasteiger partial charge in [0.25, 0.3) is 0 Å². The number of hydrogen-bond donors (Lipinski definition) is 1. The van der Waals surface area contributed by atoms with Crippen LogP contribution in [0.15, 0.2) is 0 Å². The summed E-state index contributed by atoms with van der Waals surface area (Å²) in [6, 6.07) is 0. The molecule has 0 bridgehead atoms. The smallest absolute Gasteiger partial charge is 0.248 e. The zero-order valence-corrected chi connectivity index (χ0v) is 8.59. The van der Waals surface area contributed by atoms with Crippen molar-refractivity contribution in [1.82, 2.24) is 10.2 Å². The van der Waals surface area contributed by atoms with Crippen molar-refractivity contribution in [3.8, 4) is 0 Å². The fourth-order valence-corrected chi connectivity index (χ4v) is 1.57. The van der Waals surface area contributed by atoms with Gasteiger partial charge in [0.15, 0.2) is 0 Å². The molecule has 1 amide bonds. The van der Waals surface area contributed by atoms with Gasteiger partial charge in [0.05, 0.1) is 0 Å². The highest BCUT2D eigenvalue weighted by Crippen LogP contribution is 2.09. The Labute approximate surface area is 79.2 Å². The molecule has 0 atom stereocenters. The second kappa shape index (κ2) is 4.07. The molecule has 1 rings (SSSR count). The van der Waals surface area contributed by atoms with Crippen LogP contribution in [0.3, 0.4) is 0 Å². The third-order valence-corrected chi connectivity index (χ3v) is 2.19. The van der Waals surface area contributed by atoms with Crippen LogP contribution in [0.2, 0.25) is 0 Å². The van der Waals surface area contributed by atoms with E-state index in [1.165, 1.54) is 0 Å². The van der Waals surface area contributed by atoms with Gasteiger partial charge in [-0.05, 0) is 13.8 Å². The Morgan fingerprint density at radius 2 is 2.31 bits per heavy atom. The molecule has 0 aromatic carbocycles. The van der Waals surface area contributed by atoms with E-state index in [1.807, 2.05) is 4.90 Å². The molecule has 1 N–H and O–H groups in total. The molecule has 1 saturated heterocycles. The van der Waals surface area contributed by atoms with Gasteiger partial charge in [-0.3, -0.25) is 4.79 Å². The maximum absolute atomic E-state index is 11.5. The van der Waals surface area contributed by atoms with Crippen molar-refractivity contribution in [2.75, 3.05) is 33.4 Å². The number of carbonyl (C=O) groups is 1. The summed E-state index contributed by atoms with van der Waals surface area (Å²) in [6.07, 6.45) is 0. The molecule has 1 aliphatic rings. The first kappa shape index (κ1) is 10.5. The zero-order chi connectivity index (χ0) is 9.90. The molecule has 1 heterocycles. The Bertz CT molecular complexity index is 192. The number of ether oxygens (including phenoxy) is 1. The maximum atomic E-state index is 11.5. The van der Waals surface area contributed by atoms with Crippen molar-refractivity contribution in [3.05, 3.63) is 0 Å². The van der Waals surface area contributed by atoms with Crippen molar-refractivity contribution >= 4 is 5.91 Å². The Morgan fingerprint density at radius 1 is 1.62 bits per heavy atom. The van der Waals surface area contributed by atoms with Crippen LogP contribution < -0.4 is 5.32 Å². The molecule has 0 radical (unpaired) electrons. The monoisotopic (exact) mass is 186 g/mol. The molecule has 0 aromatic heterocycles. The van der Waals surface area contributed by atoms with E-state index in [-0.39, 0.29) is 18.1 Å². The number of rotatable bonds is 2. The van der Waals surface area contributed by atoms with E-state index in [2.05, 4.69) is 19.2 Å². The second-order valence-electron chi connectivity index (χ2n) is 4.06. The minimum Gasteiger partial charge on any atom is -0.375 e. The molecule has 0 saturated carbocycles. The van der Waals surface area contributed by atoms with Crippen LogP contribution in [0.4, 0.5) is 0 Å². The number of nitrogens with one attached hydrogen (secondary N) is 1. The van der Waals surface area contributed by atoms with Gasteiger partial charge in [-0.1, -0.05) is 0 Å². The number of nitrogens with zero attached hydrogens (tertiary/aromatic N) is 1. The van der Waals surface area contributed by atoms with Crippen LogP contribution in [0.5, 0.6) is 0 Å². The average molecular weight is 186 g/mol. The summed E-state index contributed by atoms with van der Waals surface area (Å²) in [4.78, 5) is 13.3. The number of carbonyl (C=O) groups excluding carboxylic acids is 1. The third kappa shape index (κ3) is 2.97. The highest BCUT2D eigenvalue weighted by molar-refractivity contribution is 5.77. The van der Waals surface area contributed by atoms with Crippen molar-refractivity contribution < 1.29 is 9.53 Å². The zero-order valence-electron chi connectivity index (χ0n) is 8.59. The molecule has 4 nitrogen and oxygen atoms in total. The molecule has 0 unspecified atom stereocenters. The van der Waals surface area contributed by atoms with Gasteiger partial charge >= 0.3 is 0 Å². The lowest BCUT2D eigenvalue weighted by molar-refractivity contribution is -0.137. The fraction of sp³-hybridized carbons (Fsp3) is 0.889. The topological polar surface area (TPSA) is 41.6 Å². The van der Waals surface area contributed by atoms with Gasteiger partial charge in [-0.15, -0.1) is 0 Å². The molecular weight excluding hydrogens is 168 g/mol. The highest BCUT2D eigenvalue weighted by Gasteiger charge is 2.28. The molecule has 13 heavy (non-hydrogen) atoms. The van der Waals surface area contributed by atoms with Crippen LogP contribution in [-0.2, 0) is 9.53 Å². The van der Waals surface area contributed by atoms with Gasteiger partial charge in [-0.25, -0.2) is 0 Å². The minimum atomic E-state index is 0.0294. The number of methoxy groups -OCH3 is 1. The predicted molar refractivity (Wildman–Crippen MR) is 50.5 cm³/mol. The van der Waals surface area contributed by atoms with Gasteiger partial charge in [0.2, 0.25) is 5.91 Å². The summed E-state index contributed by atoms with van der Waals surface area (Å²) < 4.78 is 4.81. The average Bonchev–Trinajstić information content (AvgIpc) is 2.03. The molecule has 1 aliphatic heterocycles. The van der Waals surface area contributed by atoms with Crippen LogP contribution in [0, 0.1) is 0 Å². The first-order valence-electron chi connectivity index (χ1n) is 4.57.